The number of amides is 1. The zero-order chi connectivity index (χ0) is 20.1. The number of hydrogen-bond donors (Lipinski definition) is 1. The maximum Gasteiger partial charge on any atom is 0.257 e. The van der Waals surface area contributed by atoms with Crippen molar-refractivity contribution in [2.45, 2.75) is 48.0 Å². The van der Waals surface area contributed by atoms with Crippen molar-refractivity contribution >= 4 is 23.2 Å². The van der Waals surface area contributed by atoms with Crippen LogP contribution in [0, 0.1) is 12.7 Å². The number of ketones is 1. The Morgan fingerprint density at radius 1 is 1.11 bits per heavy atom. The van der Waals surface area contributed by atoms with Crippen LogP contribution in [0.15, 0.2) is 24.3 Å². The second kappa shape index (κ2) is 10.1. The van der Waals surface area contributed by atoms with Gasteiger partial charge in [0, 0.05) is 27.1 Å². The normalized spacial score (nSPS) is 12.7. The van der Waals surface area contributed by atoms with E-state index in [1.165, 1.54) is 13.0 Å². The Morgan fingerprint density at radius 3 is 2.25 bits per heavy atom. The highest BCUT2D eigenvalue weighted by molar-refractivity contribution is 6.04. The number of rotatable bonds is 4. The average molecular weight is 390 g/mol. The van der Waals surface area contributed by atoms with Gasteiger partial charge in [0.2, 0.25) is 0 Å². The van der Waals surface area contributed by atoms with Gasteiger partial charge in [0.25, 0.3) is 5.91 Å². The van der Waals surface area contributed by atoms with Gasteiger partial charge >= 0.3 is 0 Å². The number of nitrogens with one attached hydrogen (secondary N) is 1. The van der Waals surface area contributed by atoms with Gasteiger partial charge in [0.15, 0.2) is 5.78 Å². The summed E-state index contributed by atoms with van der Waals surface area (Å²) < 4.78 is 15.8. The van der Waals surface area contributed by atoms with E-state index in [4.69, 9.17) is 0 Å². The van der Waals surface area contributed by atoms with Gasteiger partial charge in [0.05, 0.1) is 16.9 Å². The molecule has 0 unspecified atom stereocenters. The standard InChI is InChI=1S/C19H22FN3O2.C2H6.CH4/c1-12-6-7-16(15(20)10-12)21-18-14(11-17(13(2)24)22(18)3)19(25)23-8-4-5-9-23;1-2;/h6-7,10-11,21H,4-5,8-9H2,1-3H3;1-2H3;1H4. The highest BCUT2D eigenvalue weighted by Gasteiger charge is 2.26. The Balaban J connectivity index is 0.00000127. The third-order valence-electron chi connectivity index (χ3n) is 4.59. The lowest BCUT2D eigenvalue weighted by molar-refractivity contribution is 0.0794. The number of anilines is 2. The van der Waals surface area contributed by atoms with Crippen LogP contribution < -0.4 is 5.32 Å². The van der Waals surface area contributed by atoms with Gasteiger partial charge in [-0.05, 0) is 43.5 Å². The number of Topliss-reactive ketones (excluding diaryl/α,β-unsaturated/α-hetero) is 1. The first-order chi connectivity index (χ1) is 12.9. The van der Waals surface area contributed by atoms with Crippen LogP contribution in [0.5, 0.6) is 0 Å². The van der Waals surface area contributed by atoms with Crippen LogP contribution in [0.4, 0.5) is 15.9 Å². The summed E-state index contributed by atoms with van der Waals surface area (Å²) in [6, 6.07) is 6.45. The summed E-state index contributed by atoms with van der Waals surface area (Å²) in [6.45, 7) is 8.68. The highest BCUT2D eigenvalue weighted by Crippen LogP contribution is 2.28. The van der Waals surface area contributed by atoms with Crippen molar-refractivity contribution in [3.8, 4) is 0 Å². The van der Waals surface area contributed by atoms with Crippen molar-refractivity contribution in [1.29, 1.82) is 0 Å². The van der Waals surface area contributed by atoms with Crippen molar-refractivity contribution in [2.75, 3.05) is 18.4 Å². The fourth-order valence-electron chi connectivity index (χ4n) is 3.19. The summed E-state index contributed by atoms with van der Waals surface area (Å²) in [5.74, 6) is -0.235. The fourth-order valence-corrected chi connectivity index (χ4v) is 3.19. The lowest BCUT2D eigenvalue weighted by atomic mass is 10.2. The van der Waals surface area contributed by atoms with E-state index in [0.29, 0.717) is 30.2 Å². The number of hydrogen-bond acceptors (Lipinski definition) is 3. The summed E-state index contributed by atoms with van der Waals surface area (Å²) in [4.78, 5) is 26.5. The number of carbonyl (C=O) groups is 2. The number of aryl methyl sites for hydroxylation is 1. The van der Waals surface area contributed by atoms with Crippen LogP contribution in [-0.4, -0.2) is 34.2 Å². The molecule has 3 rings (SSSR count). The molecule has 0 bridgehead atoms. The van der Waals surface area contributed by atoms with Crippen LogP contribution in [0.3, 0.4) is 0 Å². The molecule has 0 spiro atoms. The molecule has 1 N–H and O–H groups in total. The molecule has 1 fully saturated rings. The molecule has 1 saturated heterocycles. The van der Waals surface area contributed by atoms with E-state index in [0.717, 1.165) is 18.4 Å². The lowest BCUT2D eigenvalue weighted by Crippen LogP contribution is -2.28. The van der Waals surface area contributed by atoms with E-state index < -0.39 is 5.82 Å². The minimum Gasteiger partial charge on any atom is -0.339 e. The van der Waals surface area contributed by atoms with E-state index in [1.54, 1.807) is 34.7 Å². The first-order valence-corrected chi connectivity index (χ1v) is 9.41. The third-order valence-corrected chi connectivity index (χ3v) is 4.59. The Labute approximate surface area is 167 Å². The van der Waals surface area contributed by atoms with Crippen LogP contribution >= 0.6 is 0 Å². The van der Waals surface area contributed by atoms with Gasteiger partial charge in [-0.25, -0.2) is 4.39 Å². The summed E-state index contributed by atoms with van der Waals surface area (Å²) in [7, 11) is 1.70. The minimum atomic E-state index is -0.398. The van der Waals surface area contributed by atoms with Gasteiger partial charge in [0.1, 0.15) is 11.6 Å². The maximum absolute atomic E-state index is 14.2. The molecule has 1 aromatic carbocycles. The monoisotopic (exact) mass is 389 g/mol. The smallest absolute Gasteiger partial charge is 0.257 e. The molecule has 28 heavy (non-hydrogen) atoms. The van der Waals surface area contributed by atoms with Crippen LogP contribution in [-0.2, 0) is 7.05 Å². The van der Waals surface area contributed by atoms with E-state index in [-0.39, 0.29) is 24.8 Å². The SMILES string of the molecule is C.CC.CC(=O)c1cc(C(=O)N2CCCC2)c(Nc2ccc(C)cc2F)n1C. The molecular weight excluding hydrogens is 357 g/mol. The van der Waals surface area contributed by atoms with Crippen molar-refractivity contribution < 1.29 is 14.0 Å². The number of carbonyl (C=O) groups excluding carboxylic acids is 2. The Hall–Kier alpha value is -2.63. The first-order valence-electron chi connectivity index (χ1n) is 9.41. The quantitative estimate of drug-likeness (QED) is 0.720. The van der Waals surface area contributed by atoms with E-state index >= 15 is 0 Å². The second-order valence-corrected chi connectivity index (χ2v) is 6.51. The van der Waals surface area contributed by atoms with Gasteiger partial charge in [-0.15, -0.1) is 0 Å². The van der Waals surface area contributed by atoms with Crippen LogP contribution in [0.1, 0.15) is 67.4 Å². The first kappa shape index (κ1) is 23.4. The molecule has 2 aromatic rings. The summed E-state index contributed by atoms with van der Waals surface area (Å²) in [6.07, 6.45) is 1.96. The van der Waals surface area contributed by atoms with E-state index in [9.17, 15) is 14.0 Å². The molecule has 6 heteroatoms. The van der Waals surface area contributed by atoms with E-state index in [1.807, 2.05) is 20.8 Å². The molecular formula is C22H32FN3O2. The van der Waals surface area contributed by atoms with E-state index in [2.05, 4.69) is 5.32 Å². The maximum atomic E-state index is 14.2. The van der Waals surface area contributed by atoms with Gasteiger partial charge in [-0.1, -0.05) is 27.3 Å². The molecule has 0 aliphatic carbocycles. The number of benzene rings is 1. The number of nitrogens with zero attached hydrogens (tertiary/aromatic N) is 2. The molecule has 5 nitrogen and oxygen atoms in total. The summed E-state index contributed by atoms with van der Waals surface area (Å²) >= 11 is 0. The number of likely N-dealkylation sites (tertiary alicyclic amines) is 1. The molecule has 1 amide bonds. The zero-order valence-corrected chi connectivity index (χ0v) is 16.7. The molecule has 1 aliphatic heterocycles. The van der Waals surface area contributed by atoms with Crippen molar-refractivity contribution in [2.24, 2.45) is 7.05 Å². The number of aromatic nitrogens is 1. The average Bonchev–Trinajstić information content (AvgIpc) is 3.28. The largest absolute Gasteiger partial charge is 0.339 e. The fraction of sp³-hybridized carbons (Fsp3) is 0.455. The lowest BCUT2D eigenvalue weighted by Gasteiger charge is -2.17. The third kappa shape index (κ3) is 4.80. The Bertz CT molecular complexity index is 837. The molecule has 2 heterocycles. The molecule has 0 radical (unpaired) electrons. The summed E-state index contributed by atoms with van der Waals surface area (Å²) in [5, 5.41) is 3.00. The van der Waals surface area contributed by atoms with Gasteiger partial charge in [-0.2, -0.15) is 0 Å². The predicted octanol–water partition coefficient (Wildman–Crippen LogP) is 5.32. The van der Waals surface area contributed by atoms with Crippen molar-refractivity contribution in [1.82, 2.24) is 9.47 Å². The predicted molar refractivity (Wildman–Crippen MR) is 113 cm³/mol. The zero-order valence-electron chi connectivity index (χ0n) is 16.7. The minimum absolute atomic E-state index is 0. The highest BCUT2D eigenvalue weighted by atomic mass is 19.1. The molecule has 1 aromatic heterocycles. The van der Waals surface area contributed by atoms with Crippen LogP contribution in [0.2, 0.25) is 0 Å². The molecule has 0 atom stereocenters. The Kier molecular flexibility index (Phi) is 8.41. The molecule has 154 valence electrons. The Morgan fingerprint density at radius 2 is 1.71 bits per heavy atom. The van der Waals surface area contributed by atoms with Crippen LogP contribution in [0.25, 0.3) is 0 Å². The second-order valence-electron chi connectivity index (χ2n) is 6.51. The molecule has 0 saturated carbocycles. The summed E-state index contributed by atoms with van der Waals surface area (Å²) in [5.41, 5.74) is 1.90. The van der Waals surface area contributed by atoms with Crippen molar-refractivity contribution in [3.63, 3.8) is 0 Å². The molecule has 1 aliphatic rings. The van der Waals surface area contributed by atoms with Gasteiger partial charge < -0.3 is 14.8 Å². The number of halogens is 1. The van der Waals surface area contributed by atoms with Crippen molar-refractivity contribution in [3.05, 3.63) is 46.9 Å². The van der Waals surface area contributed by atoms with Gasteiger partial charge in [-0.3, -0.25) is 9.59 Å². The topological polar surface area (TPSA) is 54.3 Å².